The summed E-state index contributed by atoms with van der Waals surface area (Å²) in [4.78, 5) is 16.9. The summed E-state index contributed by atoms with van der Waals surface area (Å²) in [5, 5.41) is 0. The molecule has 1 atom stereocenters. The van der Waals surface area contributed by atoms with Crippen LogP contribution in [-0.2, 0) is 33.9 Å². The van der Waals surface area contributed by atoms with Gasteiger partial charge in [0.05, 0.1) is 17.9 Å². The zero-order valence-electron chi connectivity index (χ0n) is 15.3. The molecule has 1 aliphatic carbocycles. The number of amides is 1. The maximum Gasteiger partial charge on any atom is 0.227 e. The first-order valence-electron chi connectivity index (χ1n) is 9.83. The Bertz CT molecular complexity index is 782. The van der Waals surface area contributed by atoms with E-state index in [0.717, 1.165) is 31.5 Å². The Balaban J connectivity index is 1.31. The molecule has 1 aromatic carbocycles. The molecule has 3 aliphatic rings. The summed E-state index contributed by atoms with van der Waals surface area (Å²) in [6, 6.07) is 6.70. The van der Waals surface area contributed by atoms with Crippen molar-refractivity contribution in [1.82, 2.24) is 9.80 Å². The molecule has 2 fully saturated rings. The topological polar surface area (TPSA) is 57.7 Å². The van der Waals surface area contributed by atoms with Crippen molar-refractivity contribution in [3.63, 3.8) is 0 Å². The normalized spacial score (nSPS) is 25.8. The molecule has 142 valence electrons. The van der Waals surface area contributed by atoms with Crippen LogP contribution in [0.5, 0.6) is 0 Å². The number of benzene rings is 1. The van der Waals surface area contributed by atoms with Crippen LogP contribution in [0.4, 0.5) is 0 Å². The van der Waals surface area contributed by atoms with Gasteiger partial charge in [0.25, 0.3) is 0 Å². The van der Waals surface area contributed by atoms with E-state index in [2.05, 4.69) is 23.1 Å². The standard InChI is InChI=1S/C20H28N2O3S/c23-20(14-16-5-6-17-3-1-2-4-18(17)13-16)22-10-8-21(9-11-22)19-7-12-26(24,25)15-19/h5-6,13,19H,1-4,7-12,14-15H2. The summed E-state index contributed by atoms with van der Waals surface area (Å²) in [6.07, 6.45) is 6.06. The average molecular weight is 377 g/mol. The predicted octanol–water partition coefficient (Wildman–Crippen LogP) is 1.44. The van der Waals surface area contributed by atoms with Gasteiger partial charge in [-0.25, -0.2) is 8.42 Å². The van der Waals surface area contributed by atoms with Crippen molar-refractivity contribution in [2.45, 2.75) is 44.6 Å². The number of sulfone groups is 1. The van der Waals surface area contributed by atoms with Crippen molar-refractivity contribution >= 4 is 15.7 Å². The summed E-state index contributed by atoms with van der Waals surface area (Å²) in [6.45, 7) is 2.99. The van der Waals surface area contributed by atoms with Crippen LogP contribution < -0.4 is 0 Å². The monoisotopic (exact) mass is 376 g/mol. The second kappa shape index (κ2) is 7.31. The maximum absolute atomic E-state index is 12.7. The number of hydrogen-bond donors (Lipinski definition) is 0. The van der Waals surface area contributed by atoms with E-state index in [1.54, 1.807) is 0 Å². The van der Waals surface area contributed by atoms with Crippen LogP contribution in [0.25, 0.3) is 0 Å². The SMILES string of the molecule is O=C(Cc1ccc2c(c1)CCCC2)N1CCN(C2CCS(=O)(=O)C2)CC1. The predicted molar refractivity (Wildman–Crippen MR) is 102 cm³/mol. The van der Waals surface area contributed by atoms with Gasteiger partial charge in [-0.3, -0.25) is 9.69 Å². The van der Waals surface area contributed by atoms with E-state index in [-0.39, 0.29) is 17.7 Å². The van der Waals surface area contributed by atoms with Gasteiger partial charge < -0.3 is 4.90 Å². The minimum absolute atomic E-state index is 0.151. The summed E-state index contributed by atoms with van der Waals surface area (Å²) >= 11 is 0. The van der Waals surface area contributed by atoms with Gasteiger partial charge in [-0.05, 0) is 48.8 Å². The van der Waals surface area contributed by atoms with Gasteiger partial charge in [0.2, 0.25) is 5.91 Å². The van der Waals surface area contributed by atoms with E-state index in [9.17, 15) is 13.2 Å². The van der Waals surface area contributed by atoms with E-state index in [4.69, 9.17) is 0 Å². The minimum atomic E-state index is -2.85. The highest BCUT2D eigenvalue weighted by Crippen LogP contribution is 2.23. The second-order valence-corrected chi connectivity index (χ2v) is 10.2. The molecule has 1 aromatic rings. The lowest BCUT2D eigenvalue weighted by Crippen LogP contribution is -2.52. The smallest absolute Gasteiger partial charge is 0.227 e. The fourth-order valence-electron chi connectivity index (χ4n) is 4.58. The van der Waals surface area contributed by atoms with Gasteiger partial charge in [0.1, 0.15) is 0 Å². The van der Waals surface area contributed by atoms with Gasteiger partial charge in [0.15, 0.2) is 9.84 Å². The van der Waals surface area contributed by atoms with Crippen molar-refractivity contribution in [1.29, 1.82) is 0 Å². The van der Waals surface area contributed by atoms with Crippen LogP contribution in [0.1, 0.15) is 36.0 Å². The third-order valence-electron chi connectivity index (χ3n) is 6.16. The highest BCUT2D eigenvalue weighted by Gasteiger charge is 2.34. The van der Waals surface area contributed by atoms with Gasteiger partial charge in [-0.2, -0.15) is 0 Å². The molecule has 0 radical (unpaired) electrons. The summed E-state index contributed by atoms with van der Waals surface area (Å²) in [5.74, 6) is 0.796. The largest absolute Gasteiger partial charge is 0.340 e. The molecular formula is C20H28N2O3S. The van der Waals surface area contributed by atoms with Gasteiger partial charge in [0, 0.05) is 32.2 Å². The second-order valence-electron chi connectivity index (χ2n) is 7.96. The van der Waals surface area contributed by atoms with Gasteiger partial charge in [-0.15, -0.1) is 0 Å². The van der Waals surface area contributed by atoms with Gasteiger partial charge in [-0.1, -0.05) is 18.2 Å². The zero-order chi connectivity index (χ0) is 18.1. The number of hydrogen-bond acceptors (Lipinski definition) is 4. The quantitative estimate of drug-likeness (QED) is 0.801. The molecule has 1 amide bonds. The minimum Gasteiger partial charge on any atom is -0.340 e. The van der Waals surface area contributed by atoms with E-state index in [0.29, 0.717) is 25.3 Å². The summed E-state index contributed by atoms with van der Waals surface area (Å²) in [7, 11) is -2.85. The van der Waals surface area contributed by atoms with Crippen LogP contribution in [0, 0.1) is 0 Å². The first kappa shape index (κ1) is 18.0. The Morgan fingerprint density at radius 2 is 1.77 bits per heavy atom. The molecule has 2 aliphatic heterocycles. The van der Waals surface area contributed by atoms with E-state index in [1.165, 1.54) is 30.4 Å². The Morgan fingerprint density at radius 3 is 2.46 bits per heavy atom. The lowest BCUT2D eigenvalue weighted by atomic mass is 9.90. The lowest BCUT2D eigenvalue weighted by molar-refractivity contribution is -0.132. The zero-order valence-corrected chi connectivity index (χ0v) is 16.1. The van der Waals surface area contributed by atoms with Crippen LogP contribution in [-0.4, -0.2) is 67.9 Å². The van der Waals surface area contributed by atoms with Crippen LogP contribution in [0.3, 0.4) is 0 Å². The van der Waals surface area contributed by atoms with E-state index in [1.807, 2.05) is 4.90 Å². The third-order valence-corrected chi connectivity index (χ3v) is 7.91. The van der Waals surface area contributed by atoms with Crippen molar-refractivity contribution in [2.75, 3.05) is 37.7 Å². The number of rotatable bonds is 3. The van der Waals surface area contributed by atoms with Crippen LogP contribution in [0.2, 0.25) is 0 Å². The highest BCUT2D eigenvalue weighted by molar-refractivity contribution is 7.91. The number of fused-ring (bicyclic) bond motifs is 1. The molecule has 5 nitrogen and oxygen atoms in total. The fraction of sp³-hybridized carbons (Fsp3) is 0.650. The third kappa shape index (κ3) is 3.96. The van der Waals surface area contributed by atoms with Crippen molar-refractivity contribution in [3.05, 3.63) is 34.9 Å². The van der Waals surface area contributed by atoms with E-state index < -0.39 is 9.84 Å². The molecule has 1 unspecified atom stereocenters. The number of nitrogens with zero attached hydrogens (tertiary/aromatic N) is 2. The van der Waals surface area contributed by atoms with Crippen LogP contribution in [0.15, 0.2) is 18.2 Å². The maximum atomic E-state index is 12.7. The number of aryl methyl sites for hydroxylation is 2. The molecular weight excluding hydrogens is 348 g/mol. The molecule has 2 heterocycles. The Labute approximate surface area is 156 Å². The number of carbonyl (C=O) groups is 1. The van der Waals surface area contributed by atoms with Crippen molar-refractivity contribution in [2.24, 2.45) is 0 Å². The number of carbonyl (C=O) groups excluding carboxylic acids is 1. The summed E-state index contributed by atoms with van der Waals surface area (Å²) < 4.78 is 23.3. The highest BCUT2D eigenvalue weighted by atomic mass is 32.2. The molecule has 0 N–H and O–H groups in total. The molecule has 4 rings (SSSR count). The number of piperazine rings is 1. The molecule has 0 bridgehead atoms. The average Bonchev–Trinajstić information content (AvgIpc) is 3.01. The van der Waals surface area contributed by atoms with Gasteiger partial charge >= 0.3 is 0 Å². The van der Waals surface area contributed by atoms with Crippen molar-refractivity contribution < 1.29 is 13.2 Å². The molecule has 0 aromatic heterocycles. The van der Waals surface area contributed by atoms with Crippen molar-refractivity contribution in [3.8, 4) is 0 Å². The fourth-order valence-corrected chi connectivity index (χ4v) is 6.34. The van der Waals surface area contributed by atoms with E-state index >= 15 is 0 Å². The molecule has 0 spiro atoms. The summed E-state index contributed by atoms with van der Waals surface area (Å²) in [5.41, 5.74) is 4.00. The molecule has 2 saturated heterocycles. The first-order chi connectivity index (χ1) is 12.5. The lowest BCUT2D eigenvalue weighted by Gasteiger charge is -2.37. The Hall–Kier alpha value is -1.40. The first-order valence-corrected chi connectivity index (χ1v) is 11.7. The van der Waals surface area contributed by atoms with Crippen LogP contribution >= 0.6 is 0 Å². The molecule has 26 heavy (non-hydrogen) atoms. The Kier molecular flexibility index (Phi) is 5.06. The Morgan fingerprint density at radius 1 is 1.04 bits per heavy atom. The molecule has 0 saturated carbocycles. The molecule has 6 heteroatoms.